The van der Waals surface area contributed by atoms with E-state index >= 15 is 0 Å². The molecule has 0 aromatic carbocycles. The van der Waals surface area contributed by atoms with Crippen molar-refractivity contribution < 1.29 is 0 Å². The number of hydrogen-bond acceptors (Lipinski definition) is 4. The van der Waals surface area contributed by atoms with E-state index in [4.69, 9.17) is 4.98 Å². The third-order valence-electron chi connectivity index (χ3n) is 4.42. The minimum absolute atomic E-state index is 0.733. The summed E-state index contributed by atoms with van der Waals surface area (Å²) in [4.78, 5) is 11.5. The highest BCUT2D eigenvalue weighted by molar-refractivity contribution is 5.56. The standard InChI is InChI=1S/C14H19N5/c1-10-4-5-11-12(8-10)17-14-15-9-16-19(14)13(11)18-6-2-3-7-18/h9-10H,2-8H2,1H3. The first kappa shape index (κ1) is 11.2. The molecule has 0 saturated carbocycles. The molecule has 0 spiro atoms. The largest absolute Gasteiger partial charge is 0.356 e. The van der Waals surface area contributed by atoms with E-state index in [9.17, 15) is 0 Å². The molecule has 1 aliphatic carbocycles. The maximum absolute atomic E-state index is 4.72. The monoisotopic (exact) mass is 257 g/mol. The van der Waals surface area contributed by atoms with Crippen LogP contribution in [0.4, 0.5) is 5.82 Å². The van der Waals surface area contributed by atoms with Gasteiger partial charge < -0.3 is 4.90 Å². The van der Waals surface area contributed by atoms with Crippen molar-refractivity contribution in [2.75, 3.05) is 18.0 Å². The lowest BCUT2D eigenvalue weighted by Gasteiger charge is -2.27. The molecule has 5 heteroatoms. The first-order valence-corrected chi connectivity index (χ1v) is 7.29. The molecule has 1 atom stereocenters. The molecule has 1 aliphatic heterocycles. The summed E-state index contributed by atoms with van der Waals surface area (Å²) in [5.74, 6) is 2.76. The molecule has 5 nitrogen and oxygen atoms in total. The summed E-state index contributed by atoms with van der Waals surface area (Å²) in [5.41, 5.74) is 2.67. The van der Waals surface area contributed by atoms with Gasteiger partial charge in [0, 0.05) is 18.7 Å². The fourth-order valence-corrected chi connectivity index (χ4v) is 3.41. The van der Waals surface area contributed by atoms with Crippen LogP contribution < -0.4 is 4.90 Å². The molecule has 19 heavy (non-hydrogen) atoms. The summed E-state index contributed by atoms with van der Waals surface area (Å²) in [5, 5.41) is 4.39. The van der Waals surface area contributed by atoms with Gasteiger partial charge in [0.2, 0.25) is 0 Å². The van der Waals surface area contributed by atoms with Gasteiger partial charge in [0.05, 0.1) is 5.69 Å². The van der Waals surface area contributed by atoms with Crippen LogP contribution in [0.1, 0.15) is 37.4 Å². The highest BCUT2D eigenvalue weighted by Gasteiger charge is 2.26. The van der Waals surface area contributed by atoms with Crippen molar-refractivity contribution >= 4 is 11.6 Å². The predicted molar refractivity (Wildman–Crippen MR) is 73.4 cm³/mol. The SMILES string of the molecule is CC1CCc2c(nc3ncnn3c2N2CCCC2)C1. The first-order chi connectivity index (χ1) is 9.33. The molecule has 2 aromatic rings. The van der Waals surface area contributed by atoms with Crippen LogP contribution in [0, 0.1) is 5.92 Å². The van der Waals surface area contributed by atoms with Gasteiger partial charge >= 0.3 is 0 Å². The molecule has 0 N–H and O–H groups in total. The van der Waals surface area contributed by atoms with E-state index in [1.54, 1.807) is 6.33 Å². The Balaban J connectivity index is 1.94. The van der Waals surface area contributed by atoms with Gasteiger partial charge in [0.25, 0.3) is 5.78 Å². The predicted octanol–water partition coefficient (Wildman–Crippen LogP) is 1.85. The number of anilines is 1. The lowest BCUT2D eigenvalue weighted by atomic mass is 9.88. The molecule has 1 fully saturated rings. The van der Waals surface area contributed by atoms with Crippen LogP contribution in [0.15, 0.2) is 6.33 Å². The Labute approximate surface area is 112 Å². The lowest BCUT2D eigenvalue weighted by Crippen LogP contribution is -2.26. The second-order valence-electron chi connectivity index (χ2n) is 5.87. The Morgan fingerprint density at radius 2 is 2.11 bits per heavy atom. The molecular weight excluding hydrogens is 238 g/mol. The fraction of sp³-hybridized carbons (Fsp3) is 0.643. The molecule has 1 unspecified atom stereocenters. The highest BCUT2D eigenvalue weighted by Crippen LogP contribution is 2.33. The molecule has 4 rings (SSSR count). The third-order valence-corrected chi connectivity index (χ3v) is 4.42. The van der Waals surface area contributed by atoms with Gasteiger partial charge in [-0.25, -0.2) is 4.98 Å². The zero-order chi connectivity index (χ0) is 12.8. The summed E-state index contributed by atoms with van der Waals surface area (Å²) in [6.07, 6.45) is 7.66. The van der Waals surface area contributed by atoms with Crippen LogP contribution in [0.5, 0.6) is 0 Å². The minimum atomic E-state index is 0.733. The molecule has 2 aromatic heterocycles. The summed E-state index contributed by atoms with van der Waals surface area (Å²) >= 11 is 0. The summed E-state index contributed by atoms with van der Waals surface area (Å²) in [7, 11) is 0. The van der Waals surface area contributed by atoms with E-state index in [0.29, 0.717) is 0 Å². The second kappa shape index (κ2) is 4.18. The van der Waals surface area contributed by atoms with Crippen LogP contribution in [0.3, 0.4) is 0 Å². The molecule has 0 radical (unpaired) electrons. The maximum Gasteiger partial charge on any atom is 0.254 e. The minimum Gasteiger partial charge on any atom is -0.356 e. The Kier molecular flexibility index (Phi) is 2.47. The molecular formula is C14H19N5. The number of nitrogens with zero attached hydrogens (tertiary/aromatic N) is 5. The van der Waals surface area contributed by atoms with Gasteiger partial charge in [-0.2, -0.15) is 14.6 Å². The van der Waals surface area contributed by atoms with Gasteiger partial charge in [-0.15, -0.1) is 0 Å². The summed E-state index contributed by atoms with van der Waals surface area (Å²) in [6, 6.07) is 0. The van der Waals surface area contributed by atoms with Crippen molar-refractivity contribution in [1.29, 1.82) is 0 Å². The van der Waals surface area contributed by atoms with Gasteiger partial charge in [0.15, 0.2) is 0 Å². The Morgan fingerprint density at radius 3 is 2.95 bits per heavy atom. The van der Waals surface area contributed by atoms with Gasteiger partial charge in [-0.1, -0.05) is 6.92 Å². The van der Waals surface area contributed by atoms with Crippen LogP contribution in [-0.4, -0.2) is 32.7 Å². The van der Waals surface area contributed by atoms with Gasteiger partial charge in [-0.05, 0) is 38.0 Å². The van der Waals surface area contributed by atoms with Crippen LogP contribution in [0.2, 0.25) is 0 Å². The van der Waals surface area contributed by atoms with E-state index < -0.39 is 0 Å². The van der Waals surface area contributed by atoms with Crippen molar-refractivity contribution in [2.45, 2.75) is 39.0 Å². The van der Waals surface area contributed by atoms with Crippen LogP contribution >= 0.6 is 0 Å². The second-order valence-corrected chi connectivity index (χ2v) is 5.87. The molecule has 2 aliphatic rings. The van der Waals surface area contributed by atoms with Crippen molar-refractivity contribution in [3.63, 3.8) is 0 Å². The normalized spacial score (nSPS) is 23.0. The molecule has 0 amide bonds. The number of hydrogen-bond donors (Lipinski definition) is 0. The number of aromatic nitrogens is 4. The zero-order valence-corrected chi connectivity index (χ0v) is 11.3. The van der Waals surface area contributed by atoms with E-state index in [-0.39, 0.29) is 0 Å². The number of rotatable bonds is 1. The van der Waals surface area contributed by atoms with Crippen molar-refractivity contribution in [3.8, 4) is 0 Å². The fourth-order valence-electron chi connectivity index (χ4n) is 3.41. The molecule has 3 heterocycles. The summed E-state index contributed by atoms with van der Waals surface area (Å²) < 4.78 is 1.94. The van der Waals surface area contributed by atoms with E-state index in [2.05, 4.69) is 21.9 Å². The van der Waals surface area contributed by atoms with Gasteiger partial charge in [-0.3, -0.25) is 0 Å². The number of fused-ring (bicyclic) bond motifs is 2. The maximum atomic E-state index is 4.72. The van der Waals surface area contributed by atoms with E-state index in [0.717, 1.165) is 37.6 Å². The smallest absolute Gasteiger partial charge is 0.254 e. The average molecular weight is 257 g/mol. The molecule has 1 saturated heterocycles. The first-order valence-electron chi connectivity index (χ1n) is 7.29. The van der Waals surface area contributed by atoms with E-state index in [1.165, 1.54) is 36.3 Å². The highest BCUT2D eigenvalue weighted by atomic mass is 15.4. The van der Waals surface area contributed by atoms with Crippen LogP contribution in [-0.2, 0) is 12.8 Å². The molecule has 0 bridgehead atoms. The Hall–Kier alpha value is -1.65. The van der Waals surface area contributed by atoms with Crippen LogP contribution in [0.25, 0.3) is 5.78 Å². The topological polar surface area (TPSA) is 46.3 Å². The average Bonchev–Trinajstić information content (AvgIpc) is 3.06. The van der Waals surface area contributed by atoms with Crippen molar-refractivity contribution in [3.05, 3.63) is 17.6 Å². The summed E-state index contributed by atoms with van der Waals surface area (Å²) in [6.45, 7) is 4.59. The Morgan fingerprint density at radius 1 is 1.26 bits per heavy atom. The lowest BCUT2D eigenvalue weighted by molar-refractivity contribution is 0.490. The Bertz CT molecular complexity index is 612. The van der Waals surface area contributed by atoms with Crippen molar-refractivity contribution in [1.82, 2.24) is 19.6 Å². The third kappa shape index (κ3) is 1.71. The molecule has 100 valence electrons. The van der Waals surface area contributed by atoms with Crippen molar-refractivity contribution in [2.24, 2.45) is 5.92 Å². The quantitative estimate of drug-likeness (QED) is 0.782. The zero-order valence-electron chi connectivity index (χ0n) is 11.3. The van der Waals surface area contributed by atoms with Gasteiger partial charge in [0.1, 0.15) is 12.1 Å². The van der Waals surface area contributed by atoms with E-state index in [1.807, 2.05) is 4.52 Å².